The first-order valence-corrected chi connectivity index (χ1v) is 7.05. The molecule has 0 spiro atoms. The minimum absolute atomic E-state index is 0.0659. The van der Waals surface area contributed by atoms with Crippen LogP contribution in [0.25, 0.3) is 0 Å². The summed E-state index contributed by atoms with van der Waals surface area (Å²) in [5, 5.41) is 2.91. The molecule has 1 amide bonds. The monoisotopic (exact) mass is 259 g/mol. The summed E-state index contributed by atoms with van der Waals surface area (Å²) in [6, 6.07) is 8.76. The predicted octanol–water partition coefficient (Wildman–Crippen LogP) is 2.95. The van der Waals surface area contributed by atoms with Crippen molar-refractivity contribution in [1.82, 2.24) is 5.32 Å². The summed E-state index contributed by atoms with van der Waals surface area (Å²) in [6.07, 6.45) is 5.65. The number of hydrogen-bond acceptors (Lipinski definition) is 2. The summed E-state index contributed by atoms with van der Waals surface area (Å²) in [6.45, 7) is 1.57. The van der Waals surface area contributed by atoms with E-state index in [0.29, 0.717) is 11.5 Å². The highest BCUT2D eigenvalue weighted by Crippen LogP contribution is 2.27. The fourth-order valence-electron chi connectivity index (χ4n) is 2.83. The van der Waals surface area contributed by atoms with Crippen LogP contribution in [0.15, 0.2) is 30.3 Å². The van der Waals surface area contributed by atoms with E-state index in [2.05, 4.69) is 5.32 Å². The second-order valence-electron chi connectivity index (χ2n) is 5.33. The Morgan fingerprint density at radius 2 is 1.74 bits per heavy atom. The van der Waals surface area contributed by atoms with Crippen LogP contribution >= 0.6 is 0 Å². The lowest BCUT2D eigenvalue weighted by Crippen LogP contribution is -2.45. The van der Waals surface area contributed by atoms with E-state index in [1.807, 2.05) is 18.2 Å². The SMILES string of the molecule is CC(=O)C(NC(=O)c1ccccc1)C1CCCCC1. The molecule has 0 saturated heterocycles. The first kappa shape index (κ1) is 13.8. The Morgan fingerprint density at radius 3 is 2.32 bits per heavy atom. The van der Waals surface area contributed by atoms with Crippen LogP contribution in [0.5, 0.6) is 0 Å². The highest BCUT2D eigenvalue weighted by molar-refractivity contribution is 5.97. The fourth-order valence-corrected chi connectivity index (χ4v) is 2.83. The summed E-state index contributed by atoms with van der Waals surface area (Å²) < 4.78 is 0. The molecule has 0 bridgehead atoms. The van der Waals surface area contributed by atoms with E-state index < -0.39 is 0 Å². The van der Waals surface area contributed by atoms with Crippen molar-refractivity contribution in [3.63, 3.8) is 0 Å². The van der Waals surface area contributed by atoms with Gasteiger partial charge >= 0.3 is 0 Å². The van der Waals surface area contributed by atoms with Gasteiger partial charge in [-0.25, -0.2) is 0 Å². The van der Waals surface area contributed by atoms with E-state index in [1.165, 1.54) is 6.42 Å². The van der Waals surface area contributed by atoms with Gasteiger partial charge in [0.15, 0.2) is 5.78 Å². The van der Waals surface area contributed by atoms with E-state index in [0.717, 1.165) is 25.7 Å². The van der Waals surface area contributed by atoms with Crippen molar-refractivity contribution in [1.29, 1.82) is 0 Å². The molecule has 0 aromatic heterocycles. The molecule has 1 fully saturated rings. The van der Waals surface area contributed by atoms with Crippen molar-refractivity contribution < 1.29 is 9.59 Å². The second kappa shape index (κ2) is 6.50. The molecule has 3 nitrogen and oxygen atoms in total. The standard InChI is InChI=1S/C16H21NO2/c1-12(18)15(13-8-4-2-5-9-13)17-16(19)14-10-6-3-7-11-14/h3,6-7,10-11,13,15H,2,4-5,8-9H2,1H3,(H,17,19). The first-order chi connectivity index (χ1) is 9.18. The Kier molecular flexibility index (Phi) is 4.72. The number of carbonyl (C=O) groups is 2. The molecule has 1 unspecified atom stereocenters. The third-order valence-corrected chi connectivity index (χ3v) is 3.88. The van der Waals surface area contributed by atoms with Crippen LogP contribution in [-0.4, -0.2) is 17.7 Å². The van der Waals surface area contributed by atoms with Gasteiger partial charge in [0.05, 0.1) is 6.04 Å². The number of amides is 1. The molecule has 1 saturated carbocycles. The van der Waals surface area contributed by atoms with Gasteiger partial charge < -0.3 is 5.32 Å². The third-order valence-electron chi connectivity index (χ3n) is 3.88. The van der Waals surface area contributed by atoms with Gasteiger partial charge in [-0.3, -0.25) is 9.59 Å². The average molecular weight is 259 g/mol. The molecule has 0 radical (unpaired) electrons. The first-order valence-electron chi connectivity index (χ1n) is 7.05. The maximum Gasteiger partial charge on any atom is 0.251 e. The van der Waals surface area contributed by atoms with Crippen LogP contribution in [0.2, 0.25) is 0 Å². The van der Waals surface area contributed by atoms with Gasteiger partial charge in [-0.15, -0.1) is 0 Å². The largest absolute Gasteiger partial charge is 0.342 e. The number of ketones is 1. The normalized spacial score (nSPS) is 17.7. The van der Waals surface area contributed by atoms with Crippen molar-refractivity contribution in [3.05, 3.63) is 35.9 Å². The smallest absolute Gasteiger partial charge is 0.251 e. The molecule has 1 aliphatic rings. The van der Waals surface area contributed by atoms with Crippen molar-refractivity contribution in [2.45, 2.75) is 45.1 Å². The molecular weight excluding hydrogens is 238 g/mol. The Morgan fingerprint density at radius 1 is 1.11 bits per heavy atom. The third kappa shape index (κ3) is 3.66. The highest BCUT2D eigenvalue weighted by Gasteiger charge is 2.28. The maximum absolute atomic E-state index is 12.1. The van der Waals surface area contributed by atoms with Crippen molar-refractivity contribution >= 4 is 11.7 Å². The van der Waals surface area contributed by atoms with Gasteiger partial charge in [-0.1, -0.05) is 37.5 Å². The van der Waals surface area contributed by atoms with Crippen LogP contribution in [0.4, 0.5) is 0 Å². The predicted molar refractivity (Wildman–Crippen MR) is 75.0 cm³/mol. The lowest BCUT2D eigenvalue weighted by atomic mass is 9.82. The summed E-state index contributed by atoms with van der Waals surface area (Å²) in [5.41, 5.74) is 0.615. The van der Waals surface area contributed by atoms with Gasteiger partial charge in [-0.05, 0) is 37.8 Å². The minimum Gasteiger partial charge on any atom is -0.342 e. The topological polar surface area (TPSA) is 46.2 Å². The number of hydrogen-bond donors (Lipinski definition) is 1. The van der Waals surface area contributed by atoms with Crippen LogP contribution in [-0.2, 0) is 4.79 Å². The van der Waals surface area contributed by atoms with Crippen LogP contribution < -0.4 is 5.32 Å². The van der Waals surface area contributed by atoms with Gasteiger partial charge in [-0.2, -0.15) is 0 Å². The van der Waals surface area contributed by atoms with E-state index in [-0.39, 0.29) is 17.7 Å². The molecule has 0 heterocycles. The van der Waals surface area contributed by atoms with Crippen molar-refractivity contribution in [2.24, 2.45) is 5.92 Å². The molecule has 1 aromatic rings. The average Bonchev–Trinajstić information content (AvgIpc) is 2.46. The molecular formula is C16H21NO2. The molecule has 3 heteroatoms. The molecule has 19 heavy (non-hydrogen) atoms. The summed E-state index contributed by atoms with van der Waals surface area (Å²) in [4.78, 5) is 23.9. The number of nitrogens with one attached hydrogen (secondary N) is 1. The molecule has 1 aromatic carbocycles. The lowest BCUT2D eigenvalue weighted by Gasteiger charge is -2.29. The summed E-state index contributed by atoms with van der Waals surface area (Å²) in [5.74, 6) is 0.224. The number of carbonyl (C=O) groups excluding carboxylic acids is 2. The van der Waals surface area contributed by atoms with Gasteiger partial charge in [0.2, 0.25) is 0 Å². The van der Waals surface area contributed by atoms with E-state index in [1.54, 1.807) is 19.1 Å². The highest BCUT2D eigenvalue weighted by atomic mass is 16.2. The zero-order chi connectivity index (χ0) is 13.7. The maximum atomic E-state index is 12.1. The van der Waals surface area contributed by atoms with Crippen molar-refractivity contribution in [3.8, 4) is 0 Å². The second-order valence-corrected chi connectivity index (χ2v) is 5.33. The Hall–Kier alpha value is -1.64. The molecule has 1 aliphatic carbocycles. The molecule has 2 rings (SSSR count). The molecule has 1 N–H and O–H groups in total. The summed E-state index contributed by atoms with van der Waals surface area (Å²) >= 11 is 0. The Bertz CT molecular complexity index is 435. The lowest BCUT2D eigenvalue weighted by molar-refractivity contribution is -0.120. The fraction of sp³-hybridized carbons (Fsp3) is 0.500. The van der Waals surface area contributed by atoms with E-state index in [9.17, 15) is 9.59 Å². The number of rotatable bonds is 4. The Labute approximate surface area is 114 Å². The molecule has 1 atom stereocenters. The number of benzene rings is 1. The van der Waals surface area contributed by atoms with Crippen LogP contribution in [0.1, 0.15) is 49.4 Å². The van der Waals surface area contributed by atoms with Crippen LogP contribution in [0, 0.1) is 5.92 Å². The Balaban J connectivity index is 2.04. The van der Waals surface area contributed by atoms with Gasteiger partial charge in [0.1, 0.15) is 0 Å². The number of Topliss-reactive ketones (excluding diaryl/α,β-unsaturated/α-hetero) is 1. The van der Waals surface area contributed by atoms with E-state index >= 15 is 0 Å². The zero-order valence-electron chi connectivity index (χ0n) is 11.4. The molecule has 102 valence electrons. The minimum atomic E-state index is -0.326. The molecule has 0 aliphatic heterocycles. The van der Waals surface area contributed by atoms with Gasteiger partial charge in [0, 0.05) is 5.56 Å². The summed E-state index contributed by atoms with van der Waals surface area (Å²) in [7, 11) is 0. The van der Waals surface area contributed by atoms with Crippen LogP contribution in [0.3, 0.4) is 0 Å². The van der Waals surface area contributed by atoms with Crippen molar-refractivity contribution in [2.75, 3.05) is 0 Å². The van der Waals surface area contributed by atoms with E-state index in [4.69, 9.17) is 0 Å². The van der Waals surface area contributed by atoms with Gasteiger partial charge in [0.25, 0.3) is 5.91 Å². The quantitative estimate of drug-likeness (QED) is 0.903. The zero-order valence-corrected chi connectivity index (χ0v) is 11.4.